The van der Waals surface area contributed by atoms with Gasteiger partial charge in [0.05, 0.1) is 4.88 Å². The third-order valence-corrected chi connectivity index (χ3v) is 5.88. The van der Waals surface area contributed by atoms with Crippen LogP contribution >= 0.6 is 11.3 Å². The average molecular weight is 337 g/mol. The third kappa shape index (κ3) is 3.02. The van der Waals surface area contributed by atoms with Gasteiger partial charge < -0.3 is 0 Å². The van der Waals surface area contributed by atoms with E-state index in [2.05, 4.69) is 14.9 Å². The molecule has 0 saturated carbocycles. The first-order chi connectivity index (χ1) is 10.4. The summed E-state index contributed by atoms with van der Waals surface area (Å²) in [4.78, 5) is 0.754. The Bertz CT molecular complexity index is 898. The van der Waals surface area contributed by atoms with Gasteiger partial charge in [-0.1, -0.05) is 0 Å². The standard InChI is InChI=1S/C14H12FN3O2S2/c1-9-8-12(17-16-9)13-6-7-14(21-13)22(19,20)18-11-4-2-10(15)3-5-11/h2-8,18H,1H3,(H,16,17). The largest absolute Gasteiger partial charge is 0.282 e. The number of aryl methyl sites for hydroxylation is 1. The molecule has 3 aromatic rings. The molecule has 0 aliphatic rings. The molecule has 2 N–H and O–H groups in total. The smallest absolute Gasteiger partial charge is 0.271 e. The van der Waals surface area contributed by atoms with E-state index in [0.717, 1.165) is 21.9 Å². The zero-order valence-electron chi connectivity index (χ0n) is 11.5. The molecule has 0 atom stereocenters. The Kier molecular flexibility index (Phi) is 3.71. The highest BCUT2D eigenvalue weighted by Gasteiger charge is 2.18. The van der Waals surface area contributed by atoms with Crippen molar-refractivity contribution in [3.8, 4) is 10.6 Å². The Morgan fingerprint density at radius 1 is 1.18 bits per heavy atom. The second-order valence-electron chi connectivity index (χ2n) is 4.67. The van der Waals surface area contributed by atoms with E-state index in [9.17, 15) is 12.8 Å². The fraction of sp³-hybridized carbons (Fsp3) is 0.0714. The van der Waals surface area contributed by atoms with Gasteiger partial charge in [-0.05, 0) is 49.4 Å². The summed E-state index contributed by atoms with van der Waals surface area (Å²) in [5.41, 5.74) is 1.91. The number of nitrogens with one attached hydrogen (secondary N) is 2. The van der Waals surface area contributed by atoms with E-state index in [1.165, 1.54) is 30.3 Å². The lowest BCUT2D eigenvalue weighted by atomic mass is 10.3. The van der Waals surface area contributed by atoms with E-state index in [4.69, 9.17) is 0 Å². The molecule has 2 heterocycles. The molecule has 0 unspecified atom stereocenters. The van der Waals surface area contributed by atoms with Gasteiger partial charge >= 0.3 is 0 Å². The number of halogens is 1. The molecular weight excluding hydrogens is 325 g/mol. The molecule has 0 spiro atoms. The highest BCUT2D eigenvalue weighted by molar-refractivity contribution is 7.94. The lowest BCUT2D eigenvalue weighted by Crippen LogP contribution is -2.11. The maximum absolute atomic E-state index is 12.9. The topological polar surface area (TPSA) is 74.8 Å². The number of rotatable bonds is 4. The van der Waals surface area contributed by atoms with Crippen molar-refractivity contribution in [3.05, 3.63) is 54.0 Å². The number of benzene rings is 1. The van der Waals surface area contributed by atoms with Crippen LogP contribution in [0.15, 0.2) is 46.7 Å². The first-order valence-corrected chi connectivity index (χ1v) is 8.65. The first kappa shape index (κ1) is 14.7. The number of nitrogens with zero attached hydrogens (tertiary/aromatic N) is 1. The zero-order chi connectivity index (χ0) is 15.7. The summed E-state index contributed by atoms with van der Waals surface area (Å²) in [5.74, 6) is -0.421. The van der Waals surface area contributed by atoms with Crippen molar-refractivity contribution in [2.75, 3.05) is 4.72 Å². The van der Waals surface area contributed by atoms with Crippen LogP contribution in [0.25, 0.3) is 10.6 Å². The predicted octanol–water partition coefficient (Wildman–Crippen LogP) is 3.39. The van der Waals surface area contributed by atoms with E-state index in [-0.39, 0.29) is 4.21 Å². The van der Waals surface area contributed by atoms with Crippen molar-refractivity contribution < 1.29 is 12.8 Å². The van der Waals surface area contributed by atoms with Crippen molar-refractivity contribution in [2.24, 2.45) is 0 Å². The number of H-pyrrole nitrogens is 1. The minimum atomic E-state index is -3.70. The van der Waals surface area contributed by atoms with Crippen molar-refractivity contribution >= 4 is 27.0 Å². The maximum atomic E-state index is 12.9. The SMILES string of the molecule is Cc1cc(-c2ccc(S(=O)(=O)Nc3ccc(F)cc3)s2)n[nH]1. The minimum Gasteiger partial charge on any atom is -0.282 e. The summed E-state index contributed by atoms with van der Waals surface area (Å²) in [6, 6.07) is 10.2. The average Bonchev–Trinajstić information content (AvgIpc) is 3.10. The van der Waals surface area contributed by atoms with Gasteiger partial charge in [0, 0.05) is 11.4 Å². The van der Waals surface area contributed by atoms with E-state index >= 15 is 0 Å². The molecule has 1 aromatic carbocycles. The highest BCUT2D eigenvalue weighted by Crippen LogP contribution is 2.30. The second kappa shape index (κ2) is 5.54. The van der Waals surface area contributed by atoms with Crippen LogP contribution in [0.2, 0.25) is 0 Å². The molecule has 5 nitrogen and oxygen atoms in total. The van der Waals surface area contributed by atoms with Crippen molar-refractivity contribution in [1.29, 1.82) is 0 Å². The van der Waals surface area contributed by atoms with Gasteiger partial charge in [0.2, 0.25) is 0 Å². The van der Waals surface area contributed by atoms with Crippen LogP contribution in [0.3, 0.4) is 0 Å². The monoisotopic (exact) mass is 337 g/mol. The second-order valence-corrected chi connectivity index (χ2v) is 7.66. The molecule has 2 aromatic heterocycles. The quantitative estimate of drug-likeness (QED) is 0.766. The summed E-state index contributed by atoms with van der Waals surface area (Å²) >= 11 is 1.12. The molecule has 114 valence electrons. The van der Waals surface area contributed by atoms with Gasteiger partial charge in [0.25, 0.3) is 10.0 Å². The number of hydrogen-bond acceptors (Lipinski definition) is 4. The fourth-order valence-corrected chi connectivity index (χ4v) is 4.20. The fourth-order valence-electron chi connectivity index (χ4n) is 1.87. The minimum absolute atomic E-state index is 0.174. The molecule has 8 heteroatoms. The number of aromatic nitrogens is 2. The number of sulfonamides is 1. The molecule has 0 aliphatic carbocycles. The summed E-state index contributed by atoms with van der Waals surface area (Å²) in [7, 11) is -3.70. The lowest BCUT2D eigenvalue weighted by molar-refractivity contribution is 0.603. The summed E-state index contributed by atoms with van der Waals surface area (Å²) in [5, 5.41) is 6.92. The molecule has 0 saturated heterocycles. The van der Waals surface area contributed by atoms with Crippen LogP contribution in [0, 0.1) is 12.7 Å². The third-order valence-electron chi connectivity index (χ3n) is 2.90. The van der Waals surface area contributed by atoms with Gasteiger partial charge in [-0.15, -0.1) is 11.3 Å². The number of hydrogen-bond donors (Lipinski definition) is 2. The van der Waals surface area contributed by atoms with Gasteiger partial charge in [-0.2, -0.15) is 5.10 Å². The van der Waals surface area contributed by atoms with Crippen molar-refractivity contribution in [3.63, 3.8) is 0 Å². The van der Waals surface area contributed by atoms with E-state index in [1.807, 2.05) is 13.0 Å². The number of thiophene rings is 1. The molecule has 22 heavy (non-hydrogen) atoms. The van der Waals surface area contributed by atoms with Gasteiger partial charge in [0.1, 0.15) is 15.7 Å². The molecular formula is C14H12FN3O2S2. The normalized spacial score (nSPS) is 11.5. The zero-order valence-corrected chi connectivity index (χ0v) is 13.1. The Morgan fingerprint density at radius 2 is 1.91 bits per heavy atom. The Morgan fingerprint density at radius 3 is 2.55 bits per heavy atom. The molecule has 3 rings (SSSR count). The molecule has 0 radical (unpaired) electrons. The van der Waals surface area contributed by atoms with Crippen LogP contribution in [0.5, 0.6) is 0 Å². The van der Waals surface area contributed by atoms with Gasteiger partial charge in [-0.3, -0.25) is 9.82 Å². The van der Waals surface area contributed by atoms with Crippen LogP contribution in [0.4, 0.5) is 10.1 Å². The first-order valence-electron chi connectivity index (χ1n) is 6.35. The van der Waals surface area contributed by atoms with Gasteiger partial charge in [-0.25, -0.2) is 12.8 Å². The van der Waals surface area contributed by atoms with Crippen LogP contribution in [-0.4, -0.2) is 18.6 Å². The number of anilines is 1. The molecule has 0 amide bonds. The molecule has 0 bridgehead atoms. The summed E-state index contributed by atoms with van der Waals surface area (Å²) in [6.45, 7) is 1.87. The number of aromatic amines is 1. The summed E-state index contributed by atoms with van der Waals surface area (Å²) in [6.07, 6.45) is 0. The predicted molar refractivity (Wildman–Crippen MR) is 83.8 cm³/mol. The van der Waals surface area contributed by atoms with Crippen molar-refractivity contribution in [2.45, 2.75) is 11.1 Å². The Hall–Kier alpha value is -2.19. The van der Waals surface area contributed by atoms with E-state index in [1.54, 1.807) is 6.07 Å². The maximum Gasteiger partial charge on any atom is 0.271 e. The van der Waals surface area contributed by atoms with E-state index in [0.29, 0.717) is 11.4 Å². The molecule has 0 fully saturated rings. The van der Waals surface area contributed by atoms with Crippen molar-refractivity contribution in [1.82, 2.24) is 10.2 Å². The van der Waals surface area contributed by atoms with E-state index < -0.39 is 15.8 Å². The van der Waals surface area contributed by atoms with Crippen LogP contribution < -0.4 is 4.72 Å². The van der Waals surface area contributed by atoms with Crippen LogP contribution in [-0.2, 0) is 10.0 Å². The lowest BCUT2D eigenvalue weighted by Gasteiger charge is -2.05. The highest BCUT2D eigenvalue weighted by atomic mass is 32.2. The Labute approximate surface area is 130 Å². The molecule has 0 aliphatic heterocycles. The van der Waals surface area contributed by atoms with Gasteiger partial charge in [0.15, 0.2) is 0 Å². The Balaban J connectivity index is 1.86. The van der Waals surface area contributed by atoms with Crippen LogP contribution in [0.1, 0.15) is 5.69 Å². The summed E-state index contributed by atoms with van der Waals surface area (Å²) < 4.78 is 40.1.